The first-order chi connectivity index (χ1) is 12.4. The number of ether oxygens (including phenoxy) is 2. The second kappa shape index (κ2) is 11.8. The van der Waals surface area contributed by atoms with Gasteiger partial charge >= 0.3 is 0 Å². The third kappa shape index (κ3) is 6.40. The lowest BCUT2D eigenvalue weighted by Gasteiger charge is -2.32. The normalized spacial score (nSPS) is 21.7. The van der Waals surface area contributed by atoms with E-state index in [4.69, 9.17) is 18.9 Å². The van der Waals surface area contributed by atoms with Crippen molar-refractivity contribution in [2.24, 2.45) is 4.99 Å². The Kier molecular flexibility index (Phi) is 9.73. The van der Waals surface area contributed by atoms with E-state index >= 15 is 0 Å². The molecule has 7 nitrogen and oxygen atoms in total. The van der Waals surface area contributed by atoms with Gasteiger partial charge in [0.15, 0.2) is 5.96 Å². The maximum Gasteiger partial charge on any atom is 0.194 e. The van der Waals surface area contributed by atoms with Gasteiger partial charge in [0.2, 0.25) is 0 Å². The van der Waals surface area contributed by atoms with Crippen LogP contribution in [0.5, 0.6) is 0 Å². The van der Waals surface area contributed by atoms with Crippen molar-refractivity contribution >= 4 is 29.9 Å². The van der Waals surface area contributed by atoms with Crippen molar-refractivity contribution in [1.29, 1.82) is 0 Å². The topological polar surface area (TPSA) is 62.5 Å². The number of guanidine groups is 1. The zero-order valence-corrected chi connectivity index (χ0v) is 17.9. The van der Waals surface area contributed by atoms with Crippen molar-refractivity contribution in [2.75, 3.05) is 66.2 Å². The van der Waals surface area contributed by atoms with Gasteiger partial charge in [0, 0.05) is 52.3 Å². The summed E-state index contributed by atoms with van der Waals surface area (Å²) >= 11 is 0. The van der Waals surface area contributed by atoms with E-state index in [1.165, 1.54) is 6.42 Å². The number of nitrogens with zero attached hydrogens (tertiary/aromatic N) is 3. The van der Waals surface area contributed by atoms with Crippen LogP contribution >= 0.6 is 24.0 Å². The van der Waals surface area contributed by atoms with E-state index in [9.17, 15) is 0 Å². The number of aliphatic imine (C=N–C) groups is 1. The largest absolute Gasteiger partial charge is 0.469 e. The summed E-state index contributed by atoms with van der Waals surface area (Å²) < 4.78 is 16.0. The van der Waals surface area contributed by atoms with Crippen LogP contribution in [-0.4, -0.2) is 88.0 Å². The Balaban J connectivity index is 0.00000243. The lowest BCUT2D eigenvalue weighted by molar-refractivity contribution is 0.0195. The van der Waals surface area contributed by atoms with Crippen LogP contribution in [0.1, 0.15) is 12.2 Å². The molecule has 0 amide bonds. The minimum absolute atomic E-state index is 0. The average Bonchev–Trinajstić information content (AvgIpc) is 3.33. The standard InChI is InChI=1S/C18H30N4O3.HI/c1-23-12-7-20-18(19-6-4-17-3-2-11-25-17)22-8-5-16(15-22)21-9-13-24-14-10-21;/h2-3,11,16H,4-10,12-15H2,1H3,(H,19,20);1H. The van der Waals surface area contributed by atoms with Crippen molar-refractivity contribution < 1.29 is 13.9 Å². The SMILES string of the molecule is COCCN=C(NCCc1ccco1)N1CCC(N2CCOCC2)C1.I. The maximum atomic E-state index is 5.47. The Morgan fingerprint density at radius 1 is 1.35 bits per heavy atom. The highest BCUT2D eigenvalue weighted by atomic mass is 127. The first-order valence-electron chi connectivity index (χ1n) is 9.23. The molecule has 1 N–H and O–H groups in total. The molecule has 2 saturated heterocycles. The third-order valence-corrected chi connectivity index (χ3v) is 4.82. The third-order valence-electron chi connectivity index (χ3n) is 4.82. The molecular weight excluding hydrogens is 447 g/mol. The van der Waals surface area contributed by atoms with Gasteiger partial charge in [-0.1, -0.05) is 0 Å². The lowest BCUT2D eigenvalue weighted by atomic mass is 10.2. The second-order valence-corrected chi connectivity index (χ2v) is 6.49. The van der Waals surface area contributed by atoms with Gasteiger partial charge in [-0.05, 0) is 18.6 Å². The van der Waals surface area contributed by atoms with E-state index in [-0.39, 0.29) is 24.0 Å². The van der Waals surface area contributed by atoms with Gasteiger partial charge in [-0.25, -0.2) is 0 Å². The Bertz CT molecular complexity index is 521. The summed E-state index contributed by atoms with van der Waals surface area (Å²) in [6.45, 7) is 8.00. The molecule has 1 aromatic rings. The molecule has 8 heteroatoms. The second-order valence-electron chi connectivity index (χ2n) is 6.49. The molecule has 0 spiro atoms. The molecule has 1 atom stereocenters. The summed E-state index contributed by atoms with van der Waals surface area (Å²) in [5.41, 5.74) is 0. The average molecular weight is 478 g/mol. The number of methoxy groups -OCH3 is 1. The van der Waals surface area contributed by atoms with Gasteiger partial charge in [-0.2, -0.15) is 0 Å². The summed E-state index contributed by atoms with van der Waals surface area (Å²) in [6.07, 6.45) is 3.76. The van der Waals surface area contributed by atoms with Crippen molar-refractivity contribution in [3.63, 3.8) is 0 Å². The molecule has 1 unspecified atom stereocenters. The van der Waals surface area contributed by atoms with Crippen molar-refractivity contribution in [2.45, 2.75) is 18.9 Å². The zero-order valence-electron chi connectivity index (χ0n) is 15.6. The molecule has 3 heterocycles. The molecule has 0 bridgehead atoms. The van der Waals surface area contributed by atoms with Crippen molar-refractivity contribution in [3.8, 4) is 0 Å². The molecule has 1 aromatic heterocycles. The smallest absolute Gasteiger partial charge is 0.194 e. The summed E-state index contributed by atoms with van der Waals surface area (Å²) in [6, 6.07) is 4.53. The molecule has 26 heavy (non-hydrogen) atoms. The van der Waals surface area contributed by atoms with Crippen LogP contribution < -0.4 is 5.32 Å². The van der Waals surface area contributed by atoms with Crippen LogP contribution in [0.25, 0.3) is 0 Å². The van der Waals surface area contributed by atoms with E-state index < -0.39 is 0 Å². The molecular formula is C18H31IN4O3. The van der Waals surface area contributed by atoms with E-state index in [0.29, 0.717) is 19.2 Å². The quantitative estimate of drug-likeness (QED) is 0.277. The predicted molar refractivity (Wildman–Crippen MR) is 112 cm³/mol. The van der Waals surface area contributed by atoms with Gasteiger partial charge in [0.25, 0.3) is 0 Å². The van der Waals surface area contributed by atoms with E-state index in [1.807, 2.05) is 12.1 Å². The van der Waals surface area contributed by atoms with Crippen molar-refractivity contribution in [3.05, 3.63) is 24.2 Å². The molecule has 2 aliphatic rings. The zero-order chi connectivity index (χ0) is 17.3. The fraction of sp³-hybridized carbons (Fsp3) is 0.722. The first-order valence-corrected chi connectivity index (χ1v) is 9.23. The monoisotopic (exact) mass is 478 g/mol. The molecule has 2 aliphatic heterocycles. The van der Waals surface area contributed by atoms with Gasteiger partial charge in [0.1, 0.15) is 5.76 Å². The minimum Gasteiger partial charge on any atom is -0.469 e. The molecule has 0 aliphatic carbocycles. The number of likely N-dealkylation sites (tertiary alicyclic amines) is 1. The number of halogens is 1. The van der Waals surface area contributed by atoms with E-state index in [0.717, 1.165) is 64.1 Å². The number of morpholine rings is 1. The van der Waals surface area contributed by atoms with Gasteiger partial charge in [-0.3, -0.25) is 9.89 Å². The molecule has 3 rings (SSSR count). The van der Waals surface area contributed by atoms with Crippen LogP contribution in [0.2, 0.25) is 0 Å². The van der Waals surface area contributed by atoms with Gasteiger partial charge in [-0.15, -0.1) is 24.0 Å². The van der Waals surface area contributed by atoms with Gasteiger partial charge in [0.05, 0.1) is 32.6 Å². The molecule has 0 aromatic carbocycles. The predicted octanol–water partition coefficient (Wildman–Crippen LogP) is 1.44. The Labute approximate surface area is 173 Å². The lowest BCUT2D eigenvalue weighted by Crippen LogP contribution is -2.47. The number of furan rings is 1. The fourth-order valence-electron chi connectivity index (χ4n) is 3.44. The Hall–Kier alpha value is -0.840. The highest BCUT2D eigenvalue weighted by Gasteiger charge is 2.30. The molecule has 0 saturated carbocycles. The van der Waals surface area contributed by atoms with Crippen LogP contribution in [0.4, 0.5) is 0 Å². The summed E-state index contributed by atoms with van der Waals surface area (Å²) in [5.74, 6) is 1.98. The molecule has 0 radical (unpaired) electrons. The maximum absolute atomic E-state index is 5.47. The number of rotatable bonds is 7. The van der Waals surface area contributed by atoms with Crippen molar-refractivity contribution in [1.82, 2.24) is 15.1 Å². The van der Waals surface area contributed by atoms with E-state index in [2.05, 4.69) is 15.1 Å². The summed E-state index contributed by atoms with van der Waals surface area (Å²) in [5, 5.41) is 3.50. The first kappa shape index (κ1) is 21.5. The van der Waals surface area contributed by atoms with Gasteiger partial charge < -0.3 is 24.1 Å². The van der Waals surface area contributed by atoms with Crippen LogP contribution in [0.3, 0.4) is 0 Å². The fourth-order valence-corrected chi connectivity index (χ4v) is 3.44. The van der Waals surface area contributed by atoms with Crippen LogP contribution in [0, 0.1) is 0 Å². The minimum atomic E-state index is 0. The highest BCUT2D eigenvalue weighted by Crippen LogP contribution is 2.17. The highest BCUT2D eigenvalue weighted by molar-refractivity contribution is 14.0. The Morgan fingerprint density at radius 3 is 2.92 bits per heavy atom. The van der Waals surface area contributed by atoms with Crippen LogP contribution in [0.15, 0.2) is 27.8 Å². The molecule has 2 fully saturated rings. The number of hydrogen-bond donors (Lipinski definition) is 1. The number of hydrogen-bond acceptors (Lipinski definition) is 5. The summed E-state index contributed by atoms with van der Waals surface area (Å²) in [7, 11) is 1.71. The van der Waals surface area contributed by atoms with E-state index in [1.54, 1.807) is 13.4 Å². The molecule has 148 valence electrons. The summed E-state index contributed by atoms with van der Waals surface area (Å²) in [4.78, 5) is 9.65. The van der Waals surface area contributed by atoms with Crippen LogP contribution in [-0.2, 0) is 15.9 Å². The Morgan fingerprint density at radius 2 is 2.19 bits per heavy atom. The number of nitrogens with one attached hydrogen (secondary N) is 1.